The van der Waals surface area contributed by atoms with Crippen LogP contribution >= 0.6 is 0 Å². The molecule has 0 saturated heterocycles. The van der Waals surface area contributed by atoms with Crippen molar-refractivity contribution in [3.8, 4) is 0 Å². The molecule has 2 amide bonds. The molecule has 0 aliphatic carbocycles. The molecule has 0 spiro atoms. The van der Waals surface area contributed by atoms with E-state index in [-0.39, 0.29) is 6.03 Å². The van der Waals surface area contributed by atoms with Gasteiger partial charge in [-0.25, -0.2) is 4.79 Å². The number of carbonyl (C=O) groups excluding carboxylic acids is 1. The summed E-state index contributed by atoms with van der Waals surface area (Å²) >= 11 is 0. The quantitative estimate of drug-likeness (QED) is 0.139. The van der Waals surface area contributed by atoms with Crippen LogP contribution in [0, 0.1) is 0 Å². The zero-order valence-corrected chi connectivity index (χ0v) is 24.7. The average molecular weight is 525 g/mol. The van der Waals surface area contributed by atoms with Crippen LogP contribution in [-0.2, 0) is 26.6 Å². The molecule has 204 valence electrons. The predicted molar refractivity (Wildman–Crippen MR) is 140 cm³/mol. The Morgan fingerprint density at radius 1 is 0.500 bits per heavy atom. The second kappa shape index (κ2) is 21.7. The van der Waals surface area contributed by atoms with Gasteiger partial charge < -0.3 is 37.2 Å². The van der Waals surface area contributed by atoms with E-state index in [9.17, 15) is 4.79 Å². The number of rotatable bonds is 24. The first kappa shape index (κ1) is 33.5. The smallest absolute Gasteiger partial charge is 0.374 e. The summed E-state index contributed by atoms with van der Waals surface area (Å²) in [6, 6.07) is 1.52. The highest BCUT2D eigenvalue weighted by Gasteiger charge is 2.40. The van der Waals surface area contributed by atoms with E-state index < -0.39 is 17.6 Å². The van der Waals surface area contributed by atoms with Crippen molar-refractivity contribution in [1.82, 2.24) is 10.6 Å². The van der Waals surface area contributed by atoms with Crippen molar-refractivity contribution in [1.29, 1.82) is 0 Å². The topological polar surface area (TPSA) is 96.5 Å². The third kappa shape index (κ3) is 15.5. The molecule has 0 aromatic heterocycles. The SMILES string of the molecule is CCO[Si](CCCCCNC(=O)NCCCCC[Si](OCC)(OCC)OCC)(OCC)OCC. The molecule has 0 unspecified atom stereocenters. The molecule has 9 nitrogen and oxygen atoms in total. The highest BCUT2D eigenvalue weighted by Crippen LogP contribution is 2.20. The summed E-state index contributed by atoms with van der Waals surface area (Å²) in [6.07, 6.45) is 5.75. The second-order valence-corrected chi connectivity index (χ2v) is 13.2. The van der Waals surface area contributed by atoms with E-state index in [1.807, 2.05) is 41.5 Å². The van der Waals surface area contributed by atoms with Gasteiger partial charge in [-0.2, -0.15) is 0 Å². The maximum Gasteiger partial charge on any atom is 0.500 e. The number of hydrogen-bond donors (Lipinski definition) is 2. The maximum absolute atomic E-state index is 12.0. The van der Waals surface area contributed by atoms with E-state index in [1.165, 1.54) is 0 Å². The van der Waals surface area contributed by atoms with Crippen LogP contribution in [0.3, 0.4) is 0 Å². The van der Waals surface area contributed by atoms with Gasteiger partial charge in [0, 0.05) is 64.8 Å². The highest BCUT2D eigenvalue weighted by molar-refractivity contribution is 6.61. The van der Waals surface area contributed by atoms with Crippen molar-refractivity contribution >= 4 is 23.6 Å². The molecule has 11 heteroatoms. The number of unbranched alkanes of at least 4 members (excludes halogenated alkanes) is 4. The second-order valence-electron chi connectivity index (χ2n) is 7.77. The monoisotopic (exact) mass is 524 g/mol. The maximum atomic E-state index is 12.0. The van der Waals surface area contributed by atoms with Crippen LogP contribution in [-0.4, -0.2) is 76.4 Å². The van der Waals surface area contributed by atoms with E-state index in [0.29, 0.717) is 52.7 Å². The number of carbonyl (C=O) groups is 1. The van der Waals surface area contributed by atoms with Gasteiger partial charge in [-0.3, -0.25) is 0 Å². The lowest BCUT2D eigenvalue weighted by Gasteiger charge is -2.28. The van der Waals surface area contributed by atoms with Crippen LogP contribution in [0.25, 0.3) is 0 Å². The molecular weight excluding hydrogens is 472 g/mol. The van der Waals surface area contributed by atoms with Crippen LogP contribution in [0.15, 0.2) is 0 Å². The molecule has 0 rings (SSSR count). The van der Waals surface area contributed by atoms with Gasteiger partial charge in [-0.15, -0.1) is 0 Å². The largest absolute Gasteiger partial charge is 0.500 e. The highest BCUT2D eigenvalue weighted by atomic mass is 28.4. The van der Waals surface area contributed by atoms with E-state index in [4.69, 9.17) is 26.6 Å². The van der Waals surface area contributed by atoms with Crippen molar-refractivity contribution in [2.24, 2.45) is 0 Å². The summed E-state index contributed by atoms with van der Waals surface area (Å²) in [7, 11) is -5.11. The van der Waals surface area contributed by atoms with Crippen molar-refractivity contribution in [3.05, 3.63) is 0 Å². The molecule has 0 aliphatic heterocycles. The first-order valence-corrected chi connectivity index (χ1v) is 17.2. The minimum atomic E-state index is -2.55. The van der Waals surface area contributed by atoms with E-state index >= 15 is 0 Å². The van der Waals surface area contributed by atoms with Gasteiger partial charge >= 0.3 is 23.6 Å². The third-order valence-corrected chi connectivity index (χ3v) is 11.4. The lowest BCUT2D eigenvalue weighted by molar-refractivity contribution is 0.0698. The van der Waals surface area contributed by atoms with E-state index in [1.54, 1.807) is 0 Å². The molecule has 0 heterocycles. The molecule has 0 aliphatic rings. The van der Waals surface area contributed by atoms with Crippen LogP contribution in [0.5, 0.6) is 0 Å². The molecule has 34 heavy (non-hydrogen) atoms. The third-order valence-electron chi connectivity index (χ3n) is 5.08. The average Bonchev–Trinajstić information content (AvgIpc) is 2.79. The molecule has 0 radical (unpaired) electrons. The lowest BCUT2D eigenvalue weighted by atomic mass is 10.2. The Morgan fingerprint density at radius 3 is 1.06 bits per heavy atom. The van der Waals surface area contributed by atoms with Crippen LogP contribution in [0.1, 0.15) is 80.1 Å². The van der Waals surface area contributed by atoms with Gasteiger partial charge in [0.05, 0.1) is 0 Å². The molecule has 0 fully saturated rings. The fraction of sp³-hybridized carbons (Fsp3) is 0.957. The van der Waals surface area contributed by atoms with E-state index in [0.717, 1.165) is 50.6 Å². The van der Waals surface area contributed by atoms with Crippen LogP contribution in [0.4, 0.5) is 4.79 Å². The Kier molecular flexibility index (Phi) is 21.4. The Labute approximate surface area is 210 Å². The molecule has 0 saturated carbocycles. The number of urea groups is 1. The fourth-order valence-corrected chi connectivity index (χ4v) is 9.13. The summed E-state index contributed by atoms with van der Waals surface area (Å²) in [4.78, 5) is 12.0. The summed E-state index contributed by atoms with van der Waals surface area (Å²) in [5.41, 5.74) is 0. The van der Waals surface area contributed by atoms with Crippen LogP contribution in [0.2, 0.25) is 12.1 Å². The minimum absolute atomic E-state index is 0.108. The predicted octanol–water partition coefficient (Wildman–Crippen LogP) is 4.72. The molecule has 0 aromatic rings. The van der Waals surface area contributed by atoms with Gasteiger partial charge in [0.15, 0.2) is 0 Å². The van der Waals surface area contributed by atoms with Gasteiger partial charge in [0.25, 0.3) is 0 Å². The van der Waals surface area contributed by atoms with Gasteiger partial charge in [-0.05, 0) is 67.2 Å². The first-order chi connectivity index (χ1) is 16.5. The zero-order chi connectivity index (χ0) is 25.5. The minimum Gasteiger partial charge on any atom is -0.374 e. The summed E-state index contributed by atoms with van der Waals surface area (Å²) < 4.78 is 35.3. The lowest BCUT2D eigenvalue weighted by Crippen LogP contribution is -2.45. The van der Waals surface area contributed by atoms with Crippen molar-refractivity contribution < 1.29 is 31.4 Å². The molecule has 0 aromatic carbocycles. The van der Waals surface area contributed by atoms with Gasteiger partial charge in [-0.1, -0.05) is 12.8 Å². The normalized spacial score (nSPS) is 12.2. The molecular formula is C23H52N2O7Si2. The van der Waals surface area contributed by atoms with E-state index in [2.05, 4.69) is 10.6 Å². The number of hydrogen-bond acceptors (Lipinski definition) is 7. The Morgan fingerprint density at radius 2 is 0.794 bits per heavy atom. The Balaban J connectivity index is 3.97. The molecule has 0 bridgehead atoms. The Hall–Kier alpha value is -0.536. The van der Waals surface area contributed by atoms with Gasteiger partial charge in [0.1, 0.15) is 0 Å². The number of amides is 2. The molecule has 0 atom stereocenters. The zero-order valence-electron chi connectivity index (χ0n) is 22.7. The van der Waals surface area contributed by atoms with Crippen molar-refractivity contribution in [2.75, 3.05) is 52.7 Å². The summed E-state index contributed by atoms with van der Waals surface area (Å²) in [5, 5.41) is 5.87. The standard InChI is InChI=1S/C23H52N2O7Si2/c1-7-27-33(28-8-2,29-9-3)21-17-13-15-19-24-23(26)25-20-16-14-18-22-34(30-10-4,31-11-5)32-12-6/h7-22H2,1-6H3,(H2,24,25,26). The van der Waals surface area contributed by atoms with Crippen molar-refractivity contribution in [3.63, 3.8) is 0 Å². The Bertz CT molecular complexity index is 416. The summed E-state index contributed by atoms with van der Waals surface area (Å²) in [5.74, 6) is 0. The molecule has 2 N–H and O–H groups in total. The van der Waals surface area contributed by atoms with Crippen molar-refractivity contribution in [2.45, 2.75) is 92.2 Å². The van der Waals surface area contributed by atoms with Gasteiger partial charge in [0.2, 0.25) is 0 Å². The number of nitrogens with one attached hydrogen (secondary N) is 2. The van der Waals surface area contributed by atoms with Crippen LogP contribution < -0.4 is 10.6 Å². The fourth-order valence-electron chi connectivity index (χ4n) is 3.76. The first-order valence-electron chi connectivity index (χ1n) is 13.3. The summed E-state index contributed by atoms with van der Waals surface area (Å²) in [6.45, 7) is 16.7.